The number of nitrogens with one attached hydrogen (secondary N) is 3. The molecule has 6 fully saturated rings. The van der Waals surface area contributed by atoms with E-state index in [0.29, 0.717) is 40.2 Å². The Hall–Kier alpha value is -7.14. The van der Waals surface area contributed by atoms with E-state index in [1.54, 1.807) is 41.5 Å². The Kier molecular flexibility index (Phi) is 18.8. The number of halogens is 3. The van der Waals surface area contributed by atoms with E-state index in [4.69, 9.17) is 45.4 Å². The second-order valence-corrected chi connectivity index (χ2v) is 28.3. The first-order valence-corrected chi connectivity index (χ1v) is 37.0. The van der Waals surface area contributed by atoms with Crippen molar-refractivity contribution in [3.63, 3.8) is 0 Å². The van der Waals surface area contributed by atoms with Crippen molar-refractivity contribution >= 4 is 86.2 Å². The van der Waals surface area contributed by atoms with E-state index in [1.165, 1.54) is 50.4 Å². The Morgan fingerprint density at radius 2 is 0.796 bits per heavy atom. The van der Waals surface area contributed by atoms with Gasteiger partial charge >= 0.3 is 0 Å². The van der Waals surface area contributed by atoms with Crippen LogP contribution in [0.4, 0.5) is 30.6 Å². The molecular formula is C72H93F3N18O12S3. The van der Waals surface area contributed by atoms with Crippen molar-refractivity contribution in [1.29, 1.82) is 0 Å². The predicted octanol–water partition coefficient (Wildman–Crippen LogP) is 6.55. The topological polar surface area (TPSA) is 415 Å². The molecule has 18 atom stereocenters. The van der Waals surface area contributed by atoms with E-state index in [9.17, 15) is 54.0 Å². The number of aryl methyl sites for hydroxylation is 3. The Balaban J connectivity index is 0.000000163. The molecule has 0 unspecified atom stereocenters. The molecule has 108 heavy (non-hydrogen) atoms. The standard InChI is InChI=1S/3C24H31FN6O4S/c3*1-3-8-36-24-27-22(26-16-10-14(16)13-5-4-12(2)15(25)9-13)19-23(28-24)31(30-29-19)17-11-18(35-7-6-32)21(34)20(17)33/h3*4-5,9,14,16-18,20-21,32-34H,3,6-8,10-11H2,1-2H3,(H,26,27,28)/t3*14-,16+,17+,18-,20-,21+/m000/s1/i7D2,8D2,10D2,14D;6D2,8D2,10D2,14D;8D2,10D2,14D. The van der Waals surface area contributed by atoms with Crippen molar-refractivity contribution < 1.29 is 99.4 Å². The SMILES string of the molecule is [2H]C([2H])(CC)Sc1nc(N[C@@H]2C([2H])([2H])[C@@]2([2H])c2ccc(C)c(F)c2)c2nnn([C@@H]3C[C@H](OCCO)[C@@H](O)[C@H]3O)c2n1.[2H]C([2H])(CO)O[C@H]1C[C@@H](n2nnc3c(N[C@@H]4C([2H])([2H])[C@@]4([2H])c4ccc(C)c(F)c4)nc(SC([2H])([2H])CC)nc32)[C@H](O)[C@@H]1O.[2H]C([2H])(O)CO[C@H]1C[C@@H](n2nnc3c(N[C@@H]4C([2H])([2H])[C@@]4([2H])c4ccc(C)c(F)c4)nc(SC([2H])([2H])CC)nc32)[C@H](O)[C@@H]1O. The lowest BCUT2D eigenvalue weighted by molar-refractivity contribution is -0.0629. The molecule has 6 heterocycles. The molecule has 6 aliphatic carbocycles. The van der Waals surface area contributed by atoms with E-state index in [1.807, 2.05) is 0 Å². The van der Waals surface area contributed by atoms with Crippen LogP contribution in [0.5, 0.6) is 0 Å². The number of aliphatic hydroxyl groups is 9. The molecular weight excluding hydrogens is 1460 g/mol. The van der Waals surface area contributed by atoms with Crippen molar-refractivity contribution in [3.05, 3.63) is 105 Å². The highest BCUT2D eigenvalue weighted by Crippen LogP contribution is 2.48. The summed E-state index contributed by atoms with van der Waals surface area (Å²) < 4.78 is 220. The van der Waals surface area contributed by atoms with Crippen LogP contribution in [0.25, 0.3) is 33.5 Å². The normalized spacial score (nSPS) is 34.3. The second-order valence-electron chi connectivity index (χ2n) is 25.7. The molecule has 582 valence electrons. The number of ether oxygens (including phenoxy) is 3. The van der Waals surface area contributed by atoms with Crippen LogP contribution in [0.2, 0.25) is 0 Å². The van der Waals surface area contributed by atoms with Crippen LogP contribution >= 0.6 is 35.3 Å². The maximum atomic E-state index is 14.4. The van der Waals surface area contributed by atoms with Gasteiger partial charge in [0.25, 0.3) is 0 Å². The van der Waals surface area contributed by atoms with Gasteiger partial charge in [0.2, 0.25) is 0 Å². The number of anilines is 3. The number of aromatic nitrogens is 15. The van der Waals surface area contributed by atoms with Crippen LogP contribution in [-0.4, -0.2) is 251 Å². The Labute approximate surface area is 659 Å². The Morgan fingerprint density at radius 3 is 1.09 bits per heavy atom. The van der Waals surface area contributed by atoms with Crippen molar-refractivity contribution in [2.45, 2.75) is 224 Å². The lowest BCUT2D eigenvalue weighted by Crippen LogP contribution is -2.33. The van der Waals surface area contributed by atoms with Crippen LogP contribution in [0.1, 0.15) is 174 Å². The van der Waals surface area contributed by atoms with Gasteiger partial charge in [-0.25, -0.2) is 57.1 Å². The molecule has 0 saturated heterocycles. The molecule has 30 nitrogen and oxygen atoms in total. The number of aliphatic hydroxyl groups excluding tert-OH is 8. The van der Waals surface area contributed by atoms with E-state index in [2.05, 4.69) is 76.8 Å². The van der Waals surface area contributed by atoms with Crippen molar-refractivity contribution in [1.82, 2.24) is 74.9 Å². The number of benzene rings is 3. The zero-order valence-corrected chi connectivity index (χ0v) is 61.2. The molecule has 6 aromatic heterocycles. The highest BCUT2D eigenvalue weighted by atomic mass is 32.2. The first kappa shape index (κ1) is 57.8. The minimum absolute atomic E-state index is 0.00158. The molecule has 15 rings (SSSR count). The maximum absolute atomic E-state index is 14.4. The van der Waals surface area contributed by atoms with Crippen molar-refractivity contribution in [2.75, 3.05) is 72.6 Å². The number of rotatable bonds is 30. The number of nitrogens with zero attached hydrogens (tertiary/aromatic N) is 15. The van der Waals surface area contributed by atoms with Gasteiger partial charge in [-0.1, -0.05) is 108 Å². The van der Waals surface area contributed by atoms with Gasteiger partial charge in [0.05, 0.1) is 81.5 Å². The average Bonchev–Trinajstić information content (AvgIpc) is 1.52. The monoisotopic (exact) mass is 1570 g/mol. The molecule has 12 N–H and O–H groups in total. The van der Waals surface area contributed by atoms with Gasteiger partial charge in [-0.2, -0.15) is 0 Å². The molecule has 3 aromatic carbocycles. The van der Waals surface area contributed by atoms with Gasteiger partial charge in [0.15, 0.2) is 66.4 Å². The molecule has 9 aromatic rings. The van der Waals surface area contributed by atoms with E-state index in [-0.39, 0.29) is 135 Å². The molecule has 0 spiro atoms. The lowest BCUT2D eigenvalue weighted by atomic mass is 10.1. The fourth-order valence-electron chi connectivity index (χ4n) is 12.6. The molecule has 0 bridgehead atoms. The highest BCUT2D eigenvalue weighted by molar-refractivity contribution is 7.99. The van der Waals surface area contributed by atoms with Crippen LogP contribution < -0.4 is 16.0 Å². The summed E-state index contributed by atoms with van der Waals surface area (Å²) in [6.45, 7) is 2.44. The number of thioether (sulfide) groups is 3. The minimum atomic E-state index is -2.66. The summed E-state index contributed by atoms with van der Waals surface area (Å²) in [5, 5.41) is 125. The van der Waals surface area contributed by atoms with Crippen LogP contribution in [0.3, 0.4) is 0 Å². The fraction of sp³-hybridized carbons (Fsp3) is 0.583. The average molecular weight is 1570 g/mol. The molecule has 36 heteroatoms. The maximum Gasteiger partial charge on any atom is 0.191 e. The van der Waals surface area contributed by atoms with Gasteiger partial charge in [-0.05, 0) is 111 Å². The van der Waals surface area contributed by atoms with Crippen LogP contribution in [-0.2, 0) is 14.2 Å². The van der Waals surface area contributed by atoms with Gasteiger partial charge in [-0.3, -0.25) is 0 Å². The lowest BCUT2D eigenvalue weighted by Gasteiger charge is -2.17. The van der Waals surface area contributed by atoms with Crippen LogP contribution in [0, 0.1) is 38.2 Å². The highest BCUT2D eigenvalue weighted by Gasteiger charge is 2.49. The summed E-state index contributed by atoms with van der Waals surface area (Å²) in [7, 11) is 0. The number of fused-ring (bicyclic) bond motifs is 3. The molecule has 6 saturated carbocycles. The largest absolute Gasteiger partial charge is 0.394 e. The first-order chi connectivity index (χ1) is 59.1. The Bertz CT molecular complexity index is 5570. The molecule has 0 aliphatic heterocycles. The molecule has 0 radical (unpaired) electrons. The van der Waals surface area contributed by atoms with Gasteiger partial charge in [-0.15, -0.1) is 15.3 Å². The van der Waals surface area contributed by atoms with Gasteiger partial charge in [0, 0.05) is 92.7 Å². The van der Waals surface area contributed by atoms with Crippen LogP contribution in [0.15, 0.2) is 70.1 Å². The summed E-state index contributed by atoms with van der Waals surface area (Å²) in [6.07, 6.45) is -17.9. The smallest absolute Gasteiger partial charge is 0.191 e. The van der Waals surface area contributed by atoms with Gasteiger partial charge in [0.1, 0.15) is 54.1 Å². The Morgan fingerprint density at radius 1 is 0.472 bits per heavy atom. The molecule has 0 amide bonds. The first-order valence-electron chi connectivity index (χ1n) is 44.1. The fourth-order valence-corrected chi connectivity index (χ4v) is 14.3. The summed E-state index contributed by atoms with van der Waals surface area (Å²) in [5.41, 5.74) is -3.72. The second kappa shape index (κ2) is 35.1. The predicted molar refractivity (Wildman–Crippen MR) is 398 cm³/mol. The zero-order valence-electron chi connectivity index (χ0n) is 77.7. The van der Waals surface area contributed by atoms with E-state index in [0.717, 1.165) is 30.0 Å². The third kappa shape index (κ3) is 17.5. The molecule has 6 aliphatic rings. The summed E-state index contributed by atoms with van der Waals surface area (Å²) >= 11 is 2.12. The van der Waals surface area contributed by atoms with E-state index < -0.39 is 189 Å². The number of hydrogen-bond donors (Lipinski definition) is 12. The quantitative estimate of drug-likeness (QED) is 0.0168. The van der Waals surface area contributed by atoms with E-state index >= 15 is 0 Å². The third-order valence-electron chi connectivity index (χ3n) is 18.5. The van der Waals surface area contributed by atoms with Crippen molar-refractivity contribution in [2.24, 2.45) is 0 Å². The number of hydrogen-bond acceptors (Lipinski definition) is 30. The zero-order chi connectivity index (χ0) is 93.3. The summed E-state index contributed by atoms with van der Waals surface area (Å²) in [5.74, 6) is -7.50. The third-order valence-corrected chi connectivity index (χ3v) is 20.9. The van der Waals surface area contributed by atoms with Crippen molar-refractivity contribution in [3.8, 4) is 0 Å². The van der Waals surface area contributed by atoms with Gasteiger partial charge < -0.3 is 76.1 Å². The summed E-state index contributed by atoms with van der Waals surface area (Å²) in [6, 6.07) is 5.86. The summed E-state index contributed by atoms with van der Waals surface area (Å²) in [4.78, 5) is 26.4. The minimum Gasteiger partial charge on any atom is -0.394 e.